The van der Waals surface area contributed by atoms with Gasteiger partial charge in [0.1, 0.15) is 11.7 Å². The van der Waals surface area contributed by atoms with Crippen LogP contribution in [-0.2, 0) is 0 Å². The third-order valence-corrected chi connectivity index (χ3v) is 4.97. The highest BCUT2D eigenvalue weighted by Gasteiger charge is 2.41. The van der Waals surface area contributed by atoms with E-state index in [1.54, 1.807) is 4.90 Å². The Kier molecular flexibility index (Phi) is 3.83. The molecule has 2 aliphatic rings. The third-order valence-electron chi connectivity index (χ3n) is 4.97. The Hall–Kier alpha value is -2.68. The van der Waals surface area contributed by atoms with E-state index in [1.807, 2.05) is 0 Å². The minimum Gasteiger partial charge on any atom is -0.477 e. The molecule has 1 saturated heterocycles. The highest BCUT2D eigenvalue weighted by Crippen LogP contribution is 2.42. The number of alkyl halides is 1. The van der Waals surface area contributed by atoms with Crippen LogP contribution in [0.2, 0.25) is 0 Å². The molecule has 2 atom stereocenters. The molecular weight excluding hydrogens is 346 g/mol. The normalized spacial score (nSPS) is 22.6. The third kappa shape index (κ3) is 2.50. The number of fused-ring (bicyclic) bond motifs is 1. The summed E-state index contributed by atoms with van der Waals surface area (Å²) in [6, 6.07) is 0.670. The fraction of sp³-hybridized carbons (Fsp3) is 0.412. The van der Waals surface area contributed by atoms with Gasteiger partial charge in [-0.05, 0) is 6.07 Å². The standard InChI is InChI=1S/C17H18F2N4O3/c18-9-5-11(9)23-7-8(17(25)26)16(24)13-10(20)6-12(14(19)15(13)23)22-3-1-21-2-4-22/h6-7,9,11,21H,1-5,20H2,(H,25,26). The van der Waals surface area contributed by atoms with Gasteiger partial charge in [-0.15, -0.1) is 0 Å². The van der Waals surface area contributed by atoms with Crippen LogP contribution < -0.4 is 21.4 Å². The van der Waals surface area contributed by atoms with E-state index < -0.39 is 35.0 Å². The number of benzene rings is 1. The number of pyridine rings is 1. The van der Waals surface area contributed by atoms with Gasteiger partial charge in [-0.2, -0.15) is 0 Å². The predicted octanol–water partition coefficient (Wildman–Crippen LogP) is 1.11. The monoisotopic (exact) mass is 364 g/mol. The molecule has 7 nitrogen and oxygen atoms in total. The molecule has 1 aromatic heterocycles. The van der Waals surface area contributed by atoms with Crippen LogP contribution in [0.15, 0.2) is 17.1 Å². The SMILES string of the molecule is Nc1cc(N2CCNCC2)c(F)c2c1c(=O)c(C(=O)O)cn2C1CC1F. The maximum atomic E-state index is 15.4. The van der Waals surface area contributed by atoms with Crippen molar-refractivity contribution in [3.8, 4) is 0 Å². The average Bonchev–Trinajstić information content (AvgIpc) is 3.34. The van der Waals surface area contributed by atoms with E-state index >= 15 is 4.39 Å². The van der Waals surface area contributed by atoms with Gasteiger partial charge in [0.2, 0.25) is 5.43 Å². The molecule has 2 fully saturated rings. The van der Waals surface area contributed by atoms with E-state index in [9.17, 15) is 19.1 Å². The zero-order valence-corrected chi connectivity index (χ0v) is 13.8. The molecule has 4 rings (SSSR count). The molecule has 0 radical (unpaired) electrons. The van der Waals surface area contributed by atoms with Crippen LogP contribution in [-0.4, -0.2) is 48.0 Å². The lowest BCUT2D eigenvalue weighted by Crippen LogP contribution is -2.44. The number of halogens is 2. The summed E-state index contributed by atoms with van der Waals surface area (Å²) in [7, 11) is 0. The number of anilines is 2. The van der Waals surface area contributed by atoms with E-state index in [-0.39, 0.29) is 28.7 Å². The lowest BCUT2D eigenvalue weighted by Gasteiger charge is -2.30. The van der Waals surface area contributed by atoms with Crippen LogP contribution in [0.3, 0.4) is 0 Å². The van der Waals surface area contributed by atoms with Crippen molar-refractivity contribution >= 4 is 28.2 Å². The van der Waals surface area contributed by atoms with Crippen molar-refractivity contribution in [2.45, 2.75) is 18.6 Å². The second kappa shape index (κ2) is 5.94. The summed E-state index contributed by atoms with van der Waals surface area (Å²) in [6.07, 6.45) is -0.0268. The number of rotatable bonds is 3. The van der Waals surface area contributed by atoms with Gasteiger partial charge < -0.3 is 25.6 Å². The molecule has 2 unspecified atom stereocenters. The largest absolute Gasteiger partial charge is 0.477 e. The highest BCUT2D eigenvalue weighted by atomic mass is 19.1. The number of nitrogens with one attached hydrogen (secondary N) is 1. The van der Waals surface area contributed by atoms with Gasteiger partial charge in [-0.1, -0.05) is 0 Å². The van der Waals surface area contributed by atoms with Gasteiger partial charge in [-0.25, -0.2) is 13.6 Å². The van der Waals surface area contributed by atoms with E-state index in [2.05, 4.69) is 5.32 Å². The second-order valence-electron chi connectivity index (χ2n) is 6.66. The fourth-order valence-electron chi connectivity index (χ4n) is 3.52. The number of aromatic nitrogens is 1. The van der Waals surface area contributed by atoms with Crippen LogP contribution in [0.4, 0.5) is 20.2 Å². The molecule has 1 aliphatic carbocycles. The second-order valence-corrected chi connectivity index (χ2v) is 6.66. The first kappa shape index (κ1) is 16.8. The lowest BCUT2D eigenvalue weighted by atomic mass is 10.1. The topological polar surface area (TPSA) is 101 Å². The maximum Gasteiger partial charge on any atom is 0.341 e. The Morgan fingerprint density at radius 3 is 2.58 bits per heavy atom. The molecule has 1 aliphatic heterocycles. The molecule has 26 heavy (non-hydrogen) atoms. The molecule has 0 bridgehead atoms. The van der Waals surface area contributed by atoms with Gasteiger partial charge in [0.25, 0.3) is 0 Å². The zero-order chi connectivity index (χ0) is 18.6. The minimum absolute atomic E-state index is 0.00663. The van der Waals surface area contributed by atoms with Crippen molar-refractivity contribution < 1.29 is 18.7 Å². The van der Waals surface area contributed by atoms with Crippen molar-refractivity contribution in [1.82, 2.24) is 9.88 Å². The molecule has 2 heterocycles. The van der Waals surface area contributed by atoms with E-state index in [1.165, 1.54) is 10.6 Å². The highest BCUT2D eigenvalue weighted by molar-refractivity contribution is 5.99. The van der Waals surface area contributed by atoms with Crippen molar-refractivity contribution in [3.63, 3.8) is 0 Å². The van der Waals surface area contributed by atoms with Gasteiger partial charge in [-0.3, -0.25) is 4.79 Å². The van der Waals surface area contributed by atoms with Gasteiger partial charge in [0, 0.05) is 44.5 Å². The molecule has 1 saturated carbocycles. The Morgan fingerprint density at radius 2 is 2.00 bits per heavy atom. The first-order chi connectivity index (χ1) is 12.4. The Labute approximate surface area is 147 Å². The number of carboxylic acid groups (broad SMARTS) is 1. The number of hydrogen-bond acceptors (Lipinski definition) is 5. The van der Waals surface area contributed by atoms with Gasteiger partial charge in [0.05, 0.1) is 22.6 Å². The van der Waals surface area contributed by atoms with Crippen LogP contribution in [0.25, 0.3) is 10.9 Å². The number of piperazine rings is 1. The Balaban J connectivity index is 2.03. The van der Waals surface area contributed by atoms with Crippen LogP contribution in [0.1, 0.15) is 22.8 Å². The maximum absolute atomic E-state index is 15.4. The first-order valence-corrected chi connectivity index (χ1v) is 8.40. The minimum atomic E-state index is -1.45. The summed E-state index contributed by atoms with van der Waals surface area (Å²) in [6.45, 7) is 2.48. The van der Waals surface area contributed by atoms with Gasteiger partial charge in [0.15, 0.2) is 5.82 Å². The summed E-state index contributed by atoms with van der Waals surface area (Å²) in [5.41, 5.74) is 4.72. The smallest absolute Gasteiger partial charge is 0.341 e. The summed E-state index contributed by atoms with van der Waals surface area (Å²) >= 11 is 0. The molecule has 2 aromatic rings. The number of carboxylic acids is 1. The summed E-state index contributed by atoms with van der Waals surface area (Å²) < 4.78 is 30.3. The Morgan fingerprint density at radius 1 is 1.35 bits per heavy atom. The number of nitrogens with zero attached hydrogens (tertiary/aromatic N) is 2. The summed E-state index contributed by atoms with van der Waals surface area (Å²) in [5.74, 6) is -2.13. The number of nitrogen functional groups attached to an aromatic ring is 1. The van der Waals surface area contributed by atoms with Crippen molar-refractivity contribution in [2.24, 2.45) is 0 Å². The molecule has 0 spiro atoms. The van der Waals surface area contributed by atoms with Crippen LogP contribution in [0, 0.1) is 5.82 Å². The summed E-state index contributed by atoms with van der Waals surface area (Å²) in [5, 5.41) is 12.2. The molecule has 4 N–H and O–H groups in total. The number of carbonyl (C=O) groups is 1. The van der Waals surface area contributed by atoms with E-state index in [0.29, 0.717) is 26.2 Å². The first-order valence-electron chi connectivity index (χ1n) is 8.40. The zero-order valence-electron chi connectivity index (χ0n) is 13.8. The van der Waals surface area contributed by atoms with Crippen molar-refractivity contribution in [3.05, 3.63) is 33.9 Å². The van der Waals surface area contributed by atoms with Crippen molar-refractivity contribution in [2.75, 3.05) is 36.8 Å². The van der Waals surface area contributed by atoms with Gasteiger partial charge >= 0.3 is 5.97 Å². The molecule has 138 valence electrons. The van der Waals surface area contributed by atoms with Crippen molar-refractivity contribution in [1.29, 1.82) is 0 Å². The van der Waals surface area contributed by atoms with Crippen LogP contribution >= 0.6 is 0 Å². The number of nitrogens with two attached hydrogens (primary N) is 1. The number of aromatic carboxylic acids is 1. The molecule has 1 aromatic carbocycles. The quantitative estimate of drug-likeness (QED) is 0.706. The van der Waals surface area contributed by atoms with Crippen LogP contribution in [0.5, 0.6) is 0 Å². The molecular formula is C17H18F2N4O3. The van der Waals surface area contributed by atoms with E-state index in [0.717, 1.165) is 6.20 Å². The predicted molar refractivity (Wildman–Crippen MR) is 93.2 cm³/mol. The fourth-order valence-corrected chi connectivity index (χ4v) is 3.52. The average molecular weight is 364 g/mol. The Bertz CT molecular complexity index is 969. The number of hydrogen-bond donors (Lipinski definition) is 3. The molecule has 0 amide bonds. The van der Waals surface area contributed by atoms with E-state index in [4.69, 9.17) is 5.73 Å². The lowest BCUT2D eigenvalue weighted by molar-refractivity contribution is 0.0694. The molecule has 9 heteroatoms. The summed E-state index contributed by atoms with van der Waals surface area (Å²) in [4.78, 5) is 25.8.